The smallest absolute Gasteiger partial charge is 0.161 e. The molecule has 5 nitrogen and oxygen atoms in total. The first kappa shape index (κ1) is 15.1. The fourth-order valence-corrected chi connectivity index (χ4v) is 2.19. The van der Waals surface area contributed by atoms with Crippen LogP contribution in [-0.2, 0) is 4.74 Å². The summed E-state index contributed by atoms with van der Waals surface area (Å²) in [5, 5.41) is 13.6. The molecule has 0 aromatic heterocycles. The lowest BCUT2D eigenvalue weighted by Gasteiger charge is -2.32. The minimum absolute atomic E-state index is 0.0641. The van der Waals surface area contributed by atoms with Crippen LogP contribution >= 0.6 is 0 Å². The van der Waals surface area contributed by atoms with E-state index in [4.69, 9.17) is 14.2 Å². The molecular weight excluding hydrogens is 258 g/mol. The second-order valence-electron chi connectivity index (χ2n) is 4.99. The van der Waals surface area contributed by atoms with Crippen molar-refractivity contribution in [3.63, 3.8) is 0 Å². The molecule has 5 heteroatoms. The minimum atomic E-state index is -0.620. The first-order valence-corrected chi connectivity index (χ1v) is 7.01. The van der Waals surface area contributed by atoms with Gasteiger partial charge in [0.2, 0.25) is 0 Å². The summed E-state index contributed by atoms with van der Waals surface area (Å²) in [6.07, 6.45) is -0.0565. The number of rotatable bonds is 7. The lowest BCUT2D eigenvalue weighted by molar-refractivity contribution is -0.0248. The molecule has 0 spiro atoms. The van der Waals surface area contributed by atoms with Crippen molar-refractivity contribution in [1.29, 1.82) is 0 Å². The average molecular weight is 281 g/mol. The van der Waals surface area contributed by atoms with Gasteiger partial charge < -0.3 is 24.6 Å². The SMILES string of the molecule is COCCCNC(C)C(O)C1COc2ccccc2O1. The van der Waals surface area contributed by atoms with Gasteiger partial charge in [-0.2, -0.15) is 0 Å². The maximum absolute atomic E-state index is 10.3. The number of methoxy groups -OCH3 is 1. The van der Waals surface area contributed by atoms with Gasteiger partial charge in [-0.25, -0.2) is 0 Å². The van der Waals surface area contributed by atoms with E-state index >= 15 is 0 Å². The largest absolute Gasteiger partial charge is 0.486 e. The molecular formula is C15H23NO4. The summed E-state index contributed by atoms with van der Waals surface area (Å²) in [5.74, 6) is 1.42. The summed E-state index contributed by atoms with van der Waals surface area (Å²) >= 11 is 0. The van der Waals surface area contributed by atoms with Gasteiger partial charge in [-0.3, -0.25) is 0 Å². The van der Waals surface area contributed by atoms with Crippen LogP contribution in [0.15, 0.2) is 24.3 Å². The number of aliphatic hydroxyl groups excluding tert-OH is 1. The summed E-state index contributed by atoms with van der Waals surface area (Å²) in [5.41, 5.74) is 0. The molecule has 0 aliphatic carbocycles. The summed E-state index contributed by atoms with van der Waals surface area (Å²) in [6.45, 7) is 3.83. The van der Waals surface area contributed by atoms with Gasteiger partial charge >= 0.3 is 0 Å². The molecule has 1 heterocycles. The van der Waals surface area contributed by atoms with E-state index in [1.807, 2.05) is 31.2 Å². The maximum atomic E-state index is 10.3. The Morgan fingerprint density at radius 2 is 2.15 bits per heavy atom. The fraction of sp³-hybridized carbons (Fsp3) is 0.600. The van der Waals surface area contributed by atoms with E-state index in [2.05, 4.69) is 5.32 Å². The number of fused-ring (bicyclic) bond motifs is 1. The number of aliphatic hydroxyl groups is 1. The lowest BCUT2D eigenvalue weighted by atomic mass is 10.1. The van der Waals surface area contributed by atoms with Gasteiger partial charge in [-0.1, -0.05) is 12.1 Å². The summed E-state index contributed by atoms with van der Waals surface area (Å²) in [4.78, 5) is 0. The van der Waals surface area contributed by atoms with Crippen LogP contribution in [0, 0.1) is 0 Å². The Kier molecular flexibility index (Phi) is 5.64. The van der Waals surface area contributed by atoms with Crippen molar-refractivity contribution in [2.24, 2.45) is 0 Å². The molecule has 1 aromatic rings. The highest BCUT2D eigenvalue weighted by Gasteiger charge is 2.30. The first-order valence-electron chi connectivity index (χ1n) is 7.01. The van der Waals surface area contributed by atoms with Crippen LogP contribution in [0.25, 0.3) is 0 Å². The molecule has 0 saturated carbocycles. The molecule has 0 amide bonds. The zero-order valence-electron chi connectivity index (χ0n) is 12.0. The Hall–Kier alpha value is -1.30. The predicted molar refractivity (Wildman–Crippen MR) is 76.3 cm³/mol. The third kappa shape index (κ3) is 3.85. The van der Waals surface area contributed by atoms with Crippen molar-refractivity contribution in [2.45, 2.75) is 31.6 Å². The molecule has 3 unspecified atom stereocenters. The van der Waals surface area contributed by atoms with Gasteiger partial charge in [-0.15, -0.1) is 0 Å². The van der Waals surface area contributed by atoms with Gasteiger partial charge in [0.25, 0.3) is 0 Å². The number of hydrogen-bond donors (Lipinski definition) is 2. The summed E-state index contributed by atoms with van der Waals surface area (Å²) in [6, 6.07) is 7.45. The number of nitrogens with one attached hydrogen (secondary N) is 1. The summed E-state index contributed by atoms with van der Waals surface area (Å²) < 4.78 is 16.4. The third-order valence-electron chi connectivity index (χ3n) is 3.42. The molecule has 2 N–H and O–H groups in total. The number of hydrogen-bond acceptors (Lipinski definition) is 5. The van der Waals surface area contributed by atoms with E-state index < -0.39 is 6.10 Å². The molecule has 0 fully saturated rings. The van der Waals surface area contributed by atoms with Crippen LogP contribution in [0.3, 0.4) is 0 Å². The Labute approximate surface area is 119 Å². The quantitative estimate of drug-likeness (QED) is 0.736. The van der Waals surface area contributed by atoms with Crippen LogP contribution in [0.1, 0.15) is 13.3 Å². The first-order chi connectivity index (χ1) is 9.72. The highest BCUT2D eigenvalue weighted by molar-refractivity contribution is 5.40. The standard InChI is InChI=1S/C15H23NO4/c1-11(16-8-5-9-18-2)15(17)14-10-19-12-6-3-4-7-13(12)20-14/h3-4,6-7,11,14-17H,5,8-10H2,1-2H3. The highest BCUT2D eigenvalue weighted by atomic mass is 16.6. The van der Waals surface area contributed by atoms with Crippen LogP contribution in [0.5, 0.6) is 11.5 Å². The average Bonchev–Trinajstić information content (AvgIpc) is 2.50. The van der Waals surface area contributed by atoms with Gasteiger partial charge in [0, 0.05) is 19.8 Å². The van der Waals surface area contributed by atoms with Crippen molar-refractivity contribution in [2.75, 3.05) is 26.9 Å². The normalized spacial score (nSPS) is 20.4. The molecule has 0 saturated heterocycles. The number of ether oxygens (including phenoxy) is 3. The second-order valence-corrected chi connectivity index (χ2v) is 4.99. The van der Waals surface area contributed by atoms with E-state index in [0.29, 0.717) is 19.0 Å². The molecule has 20 heavy (non-hydrogen) atoms. The zero-order chi connectivity index (χ0) is 14.4. The molecule has 112 valence electrons. The molecule has 3 atom stereocenters. The topological polar surface area (TPSA) is 60.0 Å². The van der Waals surface area contributed by atoms with Gasteiger partial charge in [-0.05, 0) is 32.0 Å². The Morgan fingerprint density at radius 3 is 2.90 bits per heavy atom. The Bertz CT molecular complexity index is 413. The van der Waals surface area contributed by atoms with Crippen LogP contribution < -0.4 is 14.8 Å². The fourth-order valence-electron chi connectivity index (χ4n) is 2.19. The molecule has 0 bridgehead atoms. The Balaban J connectivity index is 1.83. The van der Waals surface area contributed by atoms with E-state index in [1.54, 1.807) is 7.11 Å². The van der Waals surface area contributed by atoms with Gasteiger partial charge in [0.15, 0.2) is 17.6 Å². The second kappa shape index (κ2) is 7.47. The highest BCUT2D eigenvalue weighted by Crippen LogP contribution is 2.31. The van der Waals surface area contributed by atoms with Gasteiger partial charge in [0.1, 0.15) is 12.7 Å². The van der Waals surface area contributed by atoms with Crippen LogP contribution in [0.2, 0.25) is 0 Å². The Morgan fingerprint density at radius 1 is 1.40 bits per heavy atom. The van der Waals surface area contributed by atoms with E-state index in [-0.39, 0.29) is 12.1 Å². The van der Waals surface area contributed by atoms with Crippen molar-refractivity contribution >= 4 is 0 Å². The van der Waals surface area contributed by atoms with Crippen molar-refractivity contribution < 1.29 is 19.3 Å². The monoisotopic (exact) mass is 281 g/mol. The van der Waals surface area contributed by atoms with E-state index in [0.717, 1.165) is 18.7 Å². The molecule has 2 rings (SSSR count). The number of para-hydroxylation sites is 2. The van der Waals surface area contributed by atoms with Crippen LogP contribution in [0.4, 0.5) is 0 Å². The molecule has 0 radical (unpaired) electrons. The summed E-state index contributed by atoms with van der Waals surface area (Å²) in [7, 11) is 1.68. The van der Waals surface area contributed by atoms with Crippen molar-refractivity contribution in [1.82, 2.24) is 5.32 Å². The van der Waals surface area contributed by atoms with E-state index in [9.17, 15) is 5.11 Å². The lowest BCUT2D eigenvalue weighted by Crippen LogP contribution is -2.50. The zero-order valence-corrected chi connectivity index (χ0v) is 12.0. The third-order valence-corrected chi connectivity index (χ3v) is 3.42. The molecule has 1 aliphatic heterocycles. The predicted octanol–water partition coefficient (Wildman–Crippen LogP) is 1.20. The molecule has 1 aliphatic rings. The molecule has 1 aromatic carbocycles. The maximum Gasteiger partial charge on any atom is 0.161 e. The number of benzene rings is 1. The van der Waals surface area contributed by atoms with Crippen molar-refractivity contribution in [3.05, 3.63) is 24.3 Å². The van der Waals surface area contributed by atoms with Crippen molar-refractivity contribution in [3.8, 4) is 11.5 Å². The minimum Gasteiger partial charge on any atom is -0.486 e. The van der Waals surface area contributed by atoms with E-state index in [1.165, 1.54) is 0 Å². The van der Waals surface area contributed by atoms with Crippen LogP contribution in [-0.4, -0.2) is 50.2 Å². The van der Waals surface area contributed by atoms with Gasteiger partial charge in [0.05, 0.1) is 0 Å².